The van der Waals surface area contributed by atoms with E-state index in [1.165, 1.54) is 7.11 Å². The maximum Gasteiger partial charge on any atom is 0.174 e. The number of nitrogens with zero attached hydrogens (tertiary/aromatic N) is 1. The van der Waals surface area contributed by atoms with Gasteiger partial charge in [-0.1, -0.05) is 15.9 Å². The Bertz CT molecular complexity index is 440. The summed E-state index contributed by atoms with van der Waals surface area (Å²) < 4.78 is 5.91. The number of hydrogen-bond acceptors (Lipinski definition) is 3. The van der Waals surface area contributed by atoms with Gasteiger partial charge in [0.15, 0.2) is 5.78 Å². The van der Waals surface area contributed by atoms with Crippen molar-refractivity contribution in [3.05, 3.63) is 26.8 Å². The standard InChI is InChI=1S/C10H7BrINO2/c1-15-10-3-7(9(14)4-11)6(5-13)2-8(10)12/h2-3H,4H2,1H3. The Balaban J connectivity index is 3.37. The molecule has 0 amide bonds. The minimum absolute atomic E-state index is 0.124. The summed E-state index contributed by atoms with van der Waals surface area (Å²) in [6.07, 6.45) is 0. The zero-order valence-electron chi connectivity index (χ0n) is 7.88. The van der Waals surface area contributed by atoms with Crippen molar-refractivity contribution in [3.8, 4) is 11.8 Å². The summed E-state index contributed by atoms with van der Waals surface area (Å²) in [5.41, 5.74) is 0.774. The highest BCUT2D eigenvalue weighted by Crippen LogP contribution is 2.25. The number of ether oxygens (including phenoxy) is 1. The molecule has 0 N–H and O–H groups in total. The van der Waals surface area contributed by atoms with Gasteiger partial charge >= 0.3 is 0 Å². The van der Waals surface area contributed by atoms with Crippen molar-refractivity contribution in [2.45, 2.75) is 0 Å². The summed E-state index contributed by atoms with van der Waals surface area (Å²) in [7, 11) is 1.53. The predicted molar refractivity (Wildman–Crippen MR) is 68.6 cm³/mol. The van der Waals surface area contributed by atoms with E-state index in [-0.39, 0.29) is 11.1 Å². The SMILES string of the molecule is COc1cc(C(=O)CBr)c(C#N)cc1I. The van der Waals surface area contributed by atoms with Crippen LogP contribution in [0.4, 0.5) is 0 Å². The molecule has 78 valence electrons. The van der Waals surface area contributed by atoms with Crippen molar-refractivity contribution in [2.24, 2.45) is 0 Å². The van der Waals surface area contributed by atoms with E-state index in [2.05, 4.69) is 38.5 Å². The molecule has 1 aromatic carbocycles. The van der Waals surface area contributed by atoms with Crippen molar-refractivity contribution >= 4 is 44.3 Å². The van der Waals surface area contributed by atoms with Gasteiger partial charge in [-0.3, -0.25) is 4.79 Å². The fraction of sp³-hybridized carbons (Fsp3) is 0.200. The minimum atomic E-state index is -0.124. The van der Waals surface area contributed by atoms with Gasteiger partial charge in [0.25, 0.3) is 0 Å². The van der Waals surface area contributed by atoms with Crippen molar-refractivity contribution in [1.82, 2.24) is 0 Å². The van der Waals surface area contributed by atoms with Gasteiger partial charge in [0.05, 0.1) is 27.6 Å². The lowest BCUT2D eigenvalue weighted by molar-refractivity contribution is 0.102. The van der Waals surface area contributed by atoms with E-state index in [9.17, 15) is 4.79 Å². The number of benzene rings is 1. The number of nitriles is 1. The third-order valence-corrected chi connectivity index (χ3v) is 3.19. The maximum atomic E-state index is 11.5. The molecule has 0 atom stereocenters. The summed E-state index contributed by atoms with van der Waals surface area (Å²) in [6, 6.07) is 5.25. The largest absolute Gasteiger partial charge is 0.496 e. The van der Waals surface area contributed by atoms with Crippen molar-refractivity contribution in [1.29, 1.82) is 5.26 Å². The van der Waals surface area contributed by atoms with Crippen LogP contribution in [0, 0.1) is 14.9 Å². The molecule has 0 heterocycles. The van der Waals surface area contributed by atoms with Gasteiger partial charge < -0.3 is 4.74 Å². The predicted octanol–water partition coefficient (Wildman–Crippen LogP) is 2.75. The van der Waals surface area contributed by atoms with E-state index in [1.54, 1.807) is 12.1 Å². The first-order valence-electron chi connectivity index (χ1n) is 4.00. The Labute approximate surface area is 110 Å². The molecule has 15 heavy (non-hydrogen) atoms. The first kappa shape index (κ1) is 12.5. The average Bonchev–Trinajstić information content (AvgIpc) is 2.27. The highest BCUT2D eigenvalue weighted by atomic mass is 127. The molecule has 0 unspecified atom stereocenters. The van der Waals surface area contributed by atoms with Crippen LogP contribution in [0.1, 0.15) is 15.9 Å². The molecule has 3 nitrogen and oxygen atoms in total. The number of Topliss-reactive ketones (excluding diaryl/α,β-unsaturated/α-hetero) is 1. The fourth-order valence-corrected chi connectivity index (χ4v) is 2.09. The zero-order chi connectivity index (χ0) is 11.4. The zero-order valence-corrected chi connectivity index (χ0v) is 11.6. The Hall–Kier alpha value is -0.610. The highest BCUT2D eigenvalue weighted by molar-refractivity contribution is 14.1. The number of rotatable bonds is 3. The Morgan fingerprint density at radius 2 is 2.33 bits per heavy atom. The molecule has 0 aliphatic carbocycles. The molecule has 0 spiro atoms. The second-order valence-corrected chi connectivity index (χ2v) is 4.42. The molecule has 0 bridgehead atoms. The van der Waals surface area contributed by atoms with Crippen LogP contribution < -0.4 is 4.74 Å². The third kappa shape index (κ3) is 2.69. The van der Waals surface area contributed by atoms with Crippen LogP contribution in [-0.2, 0) is 0 Å². The van der Waals surface area contributed by atoms with Crippen LogP contribution in [0.25, 0.3) is 0 Å². The molecule has 5 heteroatoms. The lowest BCUT2D eigenvalue weighted by Crippen LogP contribution is -2.04. The van der Waals surface area contributed by atoms with Gasteiger partial charge in [-0.15, -0.1) is 0 Å². The van der Waals surface area contributed by atoms with Gasteiger partial charge in [-0.05, 0) is 34.7 Å². The van der Waals surface area contributed by atoms with E-state index in [4.69, 9.17) is 10.00 Å². The molecule has 1 aromatic rings. The first-order chi connectivity index (χ1) is 7.13. The minimum Gasteiger partial charge on any atom is -0.496 e. The first-order valence-corrected chi connectivity index (χ1v) is 6.20. The van der Waals surface area contributed by atoms with E-state index in [1.807, 2.05) is 6.07 Å². The van der Waals surface area contributed by atoms with Gasteiger partial charge in [0.2, 0.25) is 0 Å². The lowest BCUT2D eigenvalue weighted by Gasteiger charge is -2.07. The third-order valence-electron chi connectivity index (χ3n) is 1.83. The van der Waals surface area contributed by atoms with Crippen LogP contribution in [-0.4, -0.2) is 18.2 Å². The Morgan fingerprint density at radius 1 is 1.67 bits per heavy atom. The van der Waals surface area contributed by atoms with Crippen molar-refractivity contribution in [3.63, 3.8) is 0 Å². The molecule has 1 rings (SSSR count). The molecule has 0 saturated carbocycles. The van der Waals surface area contributed by atoms with Crippen LogP contribution in [0.5, 0.6) is 5.75 Å². The second kappa shape index (κ2) is 5.47. The normalized spacial score (nSPS) is 9.47. The number of halogens is 2. The van der Waals surface area contributed by atoms with Crippen molar-refractivity contribution < 1.29 is 9.53 Å². The summed E-state index contributed by atoms with van der Waals surface area (Å²) in [5.74, 6) is 0.486. The van der Waals surface area contributed by atoms with E-state index in [0.717, 1.165) is 3.57 Å². The van der Waals surface area contributed by atoms with E-state index in [0.29, 0.717) is 16.9 Å². The van der Waals surface area contributed by atoms with Gasteiger partial charge in [-0.2, -0.15) is 5.26 Å². The topological polar surface area (TPSA) is 50.1 Å². The number of carbonyl (C=O) groups is 1. The van der Waals surface area contributed by atoms with Crippen molar-refractivity contribution in [2.75, 3.05) is 12.4 Å². The number of hydrogen-bond donors (Lipinski definition) is 0. The van der Waals surface area contributed by atoms with Crippen LogP contribution >= 0.6 is 38.5 Å². The maximum absolute atomic E-state index is 11.5. The van der Waals surface area contributed by atoms with Gasteiger partial charge in [0, 0.05) is 5.56 Å². The molecule has 0 fully saturated rings. The molecular weight excluding hydrogens is 373 g/mol. The van der Waals surface area contributed by atoms with Crippen LogP contribution in [0.2, 0.25) is 0 Å². The Morgan fingerprint density at radius 3 is 2.80 bits per heavy atom. The summed E-state index contributed by atoms with van der Waals surface area (Å²) in [4.78, 5) is 11.5. The summed E-state index contributed by atoms with van der Waals surface area (Å²) in [5, 5.41) is 9.09. The smallest absolute Gasteiger partial charge is 0.174 e. The van der Waals surface area contributed by atoms with E-state index >= 15 is 0 Å². The molecule has 0 radical (unpaired) electrons. The molecule has 0 saturated heterocycles. The molecular formula is C10H7BrINO2. The lowest BCUT2D eigenvalue weighted by atomic mass is 10.1. The number of carbonyl (C=O) groups excluding carboxylic acids is 1. The summed E-state index contributed by atoms with van der Waals surface area (Å²) >= 11 is 5.14. The molecule has 0 aromatic heterocycles. The van der Waals surface area contributed by atoms with Gasteiger partial charge in [0.1, 0.15) is 5.75 Å². The quantitative estimate of drug-likeness (QED) is 0.461. The highest BCUT2D eigenvalue weighted by Gasteiger charge is 2.14. The fourth-order valence-electron chi connectivity index (χ4n) is 1.11. The number of methoxy groups -OCH3 is 1. The van der Waals surface area contributed by atoms with Crippen LogP contribution in [0.15, 0.2) is 12.1 Å². The molecule has 0 aliphatic rings. The number of alkyl halides is 1. The Kier molecular flexibility index (Phi) is 4.54. The monoisotopic (exact) mass is 379 g/mol. The average molecular weight is 380 g/mol. The second-order valence-electron chi connectivity index (χ2n) is 2.70. The molecule has 0 aliphatic heterocycles. The van der Waals surface area contributed by atoms with E-state index < -0.39 is 0 Å². The van der Waals surface area contributed by atoms with Crippen LogP contribution in [0.3, 0.4) is 0 Å². The number of ketones is 1. The summed E-state index contributed by atoms with van der Waals surface area (Å²) in [6.45, 7) is 0. The van der Waals surface area contributed by atoms with Gasteiger partial charge in [-0.25, -0.2) is 0 Å².